The number of aromatic nitrogens is 3. The molecule has 1 amide bonds. The number of amides is 1. The number of ether oxygens (including phenoxy) is 1. The minimum atomic E-state index is 0.0288. The standard InChI is InChI=1S/C22H26N6O2/c1-16(29)27(2)10-11-28(3)21-14-24-15-22(26-21)30-20-8-5-17(6-9-20)18-4-7-19(12-23)25-13-18/h4-9,13-15H,10-12,23H2,1-3H3. The molecule has 3 rings (SSSR count). The molecule has 0 aliphatic heterocycles. The summed E-state index contributed by atoms with van der Waals surface area (Å²) in [4.78, 5) is 28.0. The topological polar surface area (TPSA) is 97.5 Å². The largest absolute Gasteiger partial charge is 0.437 e. The van der Waals surface area contributed by atoms with E-state index in [2.05, 4.69) is 15.0 Å². The Hall–Kier alpha value is -3.52. The van der Waals surface area contributed by atoms with Crippen molar-refractivity contribution >= 4 is 11.7 Å². The van der Waals surface area contributed by atoms with Crippen LogP contribution < -0.4 is 15.4 Å². The lowest BCUT2D eigenvalue weighted by molar-refractivity contribution is -0.127. The maximum Gasteiger partial charge on any atom is 0.239 e. The van der Waals surface area contributed by atoms with Crippen molar-refractivity contribution < 1.29 is 9.53 Å². The van der Waals surface area contributed by atoms with Gasteiger partial charge in [-0.05, 0) is 23.8 Å². The van der Waals surface area contributed by atoms with E-state index >= 15 is 0 Å². The zero-order valence-electron chi connectivity index (χ0n) is 17.4. The number of hydrogen-bond acceptors (Lipinski definition) is 7. The van der Waals surface area contributed by atoms with Crippen molar-refractivity contribution in [2.75, 3.05) is 32.1 Å². The van der Waals surface area contributed by atoms with Crippen LogP contribution >= 0.6 is 0 Å². The van der Waals surface area contributed by atoms with Crippen LogP contribution in [0.5, 0.6) is 11.6 Å². The minimum absolute atomic E-state index is 0.0288. The fourth-order valence-corrected chi connectivity index (χ4v) is 2.70. The van der Waals surface area contributed by atoms with Gasteiger partial charge >= 0.3 is 0 Å². The molecular formula is C22H26N6O2. The number of hydrogen-bond donors (Lipinski definition) is 1. The first kappa shape index (κ1) is 21.2. The third-order valence-corrected chi connectivity index (χ3v) is 4.74. The van der Waals surface area contributed by atoms with Gasteiger partial charge in [0.1, 0.15) is 5.75 Å². The molecule has 2 N–H and O–H groups in total. The Morgan fingerprint density at radius 3 is 2.37 bits per heavy atom. The van der Waals surface area contributed by atoms with E-state index in [1.165, 1.54) is 0 Å². The Labute approximate surface area is 176 Å². The summed E-state index contributed by atoms with van der Waals surface area (Å²) in [6, 6.07) is 11.6. The predicted octanol–water partition coefficient (Wildman–Crippen LogP) is 2.70. The van der Waals surface area contributed by atoms with Crippen LogP contribution in [0.15, 0.2) is 55.0 Å². The van der Waals surface area contributed by atoms with Gasteiger partial charge in [-0.3, -0.25) is 14.8 Å². The second-order valence-electron chi connectivity index (χ2n) is 6.95. The lowest BCUT2D eigenvalue weighted by Gasteiger charge is -2.22. The van der Waals surface area contributed by atoms with E-state index in [0.29, 0.717) is 37.1 Å². The van der Waals surface area contributed by atoms with Crippen molar-refractivity contribution in [2.45, 2.75) is 13.5 Å². The van der Waals surface area contributed by atoms with Gasteiger partial charge in [-0.2, -0.15) is 4.98 Å². The van der Waals surface area contributed by atoms with Crippen LogP contribution in [-0.2, 0) is 11.3 Å². The summed E-state index contributed by atoms with van der Waals surface area (Å²) in [5.41, 5.74) is 8.50. The van der Waals surface area contributed by atoms with E-state index in [0.717, 1.165) is 16.8 Å². The molecule has 0 aliphatic carbocycles. The lowest BCUT2D eigenvalue weighted by Crippen LogP contribution is -2.33. The van der Waals surface area contributed by atoms with Gasteiger partial charge in [0.15, 0.2) is 5.82 Å². The molecule has 2 heterocycles. The SMILES string of the molecule is CC(=O)N(C)CCN(C)c1cncc(Oc2ccc(-c3ccc(CN)nc3)cc2)n1. The van der Waals surface area contributed by atoms with Crippen molar-refractivity contribution in [1.82, 2.24) is 19.9 Å². The van der Waals surface area contributed by atoms with E-state index in [1.54, 1.807) is 31.3 Å². The van der Waals surface area contributed by atoms with Gasteiger partial charge in [0.05, 0.1) is 18.1 Å². The Balaban J connectivity index is 1.64. The molecule has 0 saturated carbocycles. The number of benzene rings is 1. The highest BCUT2D eigenvalue weighted by Gasteiger charge is 2.09. The molecule has 156 valence electrons. The van der Waals surface area contributed by atoms with E-state index < -0.39 is 0 Å². The van der Waals surface area contributed by atoms with Gasteiger partial charge in [-0.25, -0.2) is 0 Å². The van der Waals surface area contributed by atoms with E-state index in [1.807, 2.05) is 54.5 Å². The molecule has 0 spiro atoms. The molecule has 1 aromatic carbocycles. The number of likely N-dealkylation sites (N-methyl/N-ethyl adjacent to an activating group) is 2. The van der Waals surface area contributed by atoms with Crippen molar-refractivity contribution in [3.05, 3.63) is 60.7 Å². The highest BCUT2D eigenvalue weighted by atomic mass is 16.5. The highest BCUT2D eigenvalue weighted by molar-refractivity contribution is 5.72. The molecule has 2 aromatic heterocycles. The number of nitrogens with zero attached hydrogens (tertiary/aromatic N) is 5. The van der Waals surface area contributed by atoms with Crippen LogP contribution in [0.1, 0.15) is 12.6 Å². The number of pyridine rings is 1. The first-order valence-electron chi connectivity index (χ1n) is 9.64. The monoisotopic (exact) mass is 406 g/mol. The zero-order valence-corrected chi connectivity index (χ0v) is 17.4. The maximum absolute atomic E-state index is 11.3. The van der Waals surface area contributed by atoms with E-state index in [9.17, 15) is 4.79 Å². The van der Waals surface area contributed by atoms with Crippen LogP contribution in [0.3, 0.4) is 0 Å². The third-order valence-electron chi connectivity index (χ3n) is 4.74. The van der Waals surface area contributed by atoms with Crippen LogP contribution in [-0.4, -0.2) is 52.9 Å². The van der Waals surface area contributed by atoms with Gasteiger partial charge < -0.3 is 20.3 Å². The van der Waals surface area contributed by atoms with Crippen LogP contribution in [0, 0.1) is 0 Å². The number of nitrogens with two attached hydrogens (primary N) is 1. The Morgan fingerprint density at radius 2 is 1.73 bits per heavy atom. The molecular weight excluding hydrogens is 380 g/mol. The first-order chi connectivity index (χ1) is 14.5. The van der Waals surface area contributed by atoms with E-state index in [-0.39, 0.29) is 5.91 Å². The van der Waals surface area contributed by atoms with Crippen LogP contribution in [0.25, 0.3) is 11.1 Å². The molecule has 8 nitrogen and oxygen atoms in total. The predicted molar refractivity (Wildman–Crippen MR) is 116 cm³/mol. The summed E-state index contributed by atoms with van der Waals surface area (Å²) in [6.07, 6.45) is 5.05. The number of carbonyl (C=O) groups excluding carboxylic acids is 1. The first-order valence-corrected chi connectivity index (χ1v) is 9.64. The molecule has 0 saturated heterocycles. The molecule has 0 atom stereocenters. The molecule has 0 aliphatic rings. The molecule has 0 fully saturated rings. The molecule has 8 heteroatoms. The van der Waals surface area contributed by atoms with Crippen LogP contribution in [0.2, 0.25) is 0 Å². The second kappa shape index (κ2) is 9.80. The summed E-state index contributed by atoms with van der Waals surface area (Å²) in [5, 5.41) is 0. The Kier molecular flexibility index (Phi) is 6.92. The van der Waals surface area contributed by atoms with Gasteiger partial charge in [-0.1, -0.05) is 18.2 Å². The van der Waals surface area contributed by atoms with Gasteiger partial charge in [-0.15, -0.1) is 0 Å². The third kappa shape index (κ3) is 5.51. The average Bonchev–Trinajstić information content (AvgIpc) is 2.78. The van der Waals surface area contributed by atoms with Gasteiger partial charge in [0.25, 0.3) is 0 Å². The summed E-state index contributed by atoms with van der Waals surface area (Å²) in [6.45, 7) is 3.21. The fraction of sp³-hybridized carbons (Fsp3) is 0.273. The molecule has 0 bridgehead atoms. The summed E-state index contributed by atoms with van der Waals surface area (Å²) in [5.74, 6) is 1.77. The Bertz CT molecular complexity index is 976. The van der Waals surface area contributed by atoms with Gasteiger partial charge in [0, 0.05) is 52.4 Å². The normalized spacial score (nSPS) is 10.5. The average molecular weight is 406 g/mol. The lowest BCUT2D eigenvalue weighted by atomic mass is 10.1. The molecule has 30 heavy (non-hydrogen) atoms. The second-order valence-corrected chi connectivity index (χ2v) is 6.95. The summed E-state index contributed by atoms with van der Waals surface area (Å²) in [7, 11) is 3.67. The highest BCUT2D eigenvalue weighted by Crippen LogP contribution is 2.25. The minimum Gasteiger partial charge on any atom is -0.437 e. The van der Waals surface area contributed by atoms with Crippen molar-refractivity contribution in [1.29, 1.82) is 0 Å². The van der Waals surface area contributed by atoms with Crippen molar-refractivity contribution in [2.24, 2.45) is 5.73 Å². The van der Waals surface area contributed by atoms with Crippen molar-refractivity contribution in [3.8, 4) is 22.8 Å². The fourth-order valence-electron chi connectivity index (χ4n) is 2.70. The number of rotatable bonds is 8. The van der Waals surface area contributed by atoms with E-state index in [4.69, 9.17) is 10.5 Å². The molecule has 0 unspecified atom stereocenters. The maximum atomic E-state index is 11.3. The summed E-state index contributed by atoms with van der Waals surface area (Å²) < 4.78 is 5.86. The summed E-state index contributed by atoms with van der Waals surface area (Å²) >= 11 is 0. The molecule has 0 radical (unpaired) electrons. The van der Waals surface area contributed by atoms with Crippen LogP contribution in [0.4, 0.5) is 5.82 Å². The number of carbonyl (C=O) groups is 1. The van der Waals surface area contributed by atoms with Crippen molar-refractivity contribution in [3.63, 3.8) is 0 Å². The molecule has 3 aromatic rings. The zero-order chi connectivity index (χ0) is 21.5. The quantitative estimate of drug-likeness (QED) is 0.614. The number of anilines is 1. The smallest absolute Gasteiger partial charge is 0.239 e. The van der Waals surface area contributed by atoms with Gasteiger partial charge in [0.2, 0.25) is 11.8 Å². The Morgan fingerprint density at radius 1 is 1.00 bits per heavy atom.